The lowest BCUT2D eigenvalue weighted by Gasteiger charge is -1.98. The highest BCUT2D eigenvalue weighted by atomic mass is 35.5. The third-order valence-corrected chi connectivity index (χ3v) is 3.18. The van der Waals surface area contributed by atoms with Gasteiger partial charge in [-0.1, -0.05) is 11.6 Å². The Morgan fingerprint density at radius 2 is 2.27 bits per heavy atom. The molecule has 0 saturated carbocycles. The fourth-order valence-electron chi connectivity index (χ4n) is 1.28. The Labute approximate surface area is 95.5 Å². The lowest BCUT2D eigenvalue weighted by Crippen LogP contribution is -1.96. The third-order valence-electron chi connectivity index (χ3n) is 1.96. The number of aromatic carboxylic acids is 1. The summed E-state index contributed by atoms with van der Waals surface area (Å²) in [6.07, 6.45) is 3.35. The lowest BCUT2D eigenvalue weighted by molar-refractivity contribution is 0.0697. The van der Waals surface area contributed by atoms with E-state index < -0.39 is 5.97 Å². The van der Waals surface area contributed by atoms with Crippen molar-refractivity contribution >= 4 is 28.9 Å². The lowest BCUT2D eigenvalue weighted by atomic mass is 10.4. The van der Waals surface area contributed by atoms with Crippen LogP contribution in [0.2, 0.25) is 4.34 Å². The number of nitrogens with zero attached hydrogens (tertiary/aromatic N) is 1. The number of thiophene rings is 1. The van der Waals surface area contributed by atoms with Gasteiger partial charge in [0.05, 0.1) is 16.4 Å². The number of carboxylic acids is 1. The van der Waals surface area contributed by atoms with Gasteiger partial charge in [-0.2, -0.15) is 0 Å². The minimum Gasteiger partial charge on any atom is -0.478 e. The van der Waals surface area contributed by atoms with Crippen LogP contribution in [0.1, 0.15) is 15.2 Å². The van der Waals surface area contributed by atoms with Crippen molar-refractivity contribution in [2.45, 2.75) is 6.54 Å². The molecule has 0 aromatic carbocycles. The molecule has 0 atom stereocenters. The van der Waals surface area contributed by atoms with Crippen LogP contribution in [0.25, 0.3) is 0 Å². The number of halogens is 1. The minimum atomic E-state index is -0.905. The van der Waals surface area contributed by atoms with E-state index in [0.29, 0.717) is 12.1 Å². The summed E-state index contributed by atoms with van der Waals surface area (Å²) in [7, 11) is 0. The van der Waals surface area contributed by atoms with Gasteiger partial charge in [0.2, 0.25) is 0 Å². The topological polar surface area (TPSA) is 42.2 Å². The van der Waals surface area contributed by atoms with Crippen LogP contribution in [-0.4, -0.2) is 15.6 Å². The van der Waals surface area contributed by atoms with Gasteiger partial charge in [-0.3, -0.25) is 0 Å². The van der Waals surface area contributed by atoms with Crippen molar-refractivity contribution in [2.24, 2.45) is 0 Å². The van der Waals surface area contributed by atoms with Crippen LogP contribution in [0.5, 0.6) is 0 Å². The van der Waals surface area contributed by atoms with Gasteiger partial charge in [-0.25, -0.2) is 4.79 Å². The van der Waals surface area contributed by atoms with E-state index in [1.165, 1.54) is 11.3 Å². The SMILES string of the molecule is O=C(O)c1ccn(Cc2ccc(Cl)s2)c1. The maximum Gasteiger partial charge on any atom is 0.337 e. The molecule has 0 spiro atoms. The van der Waals surface area contributed by atoms with Gasteiger partial charge in [0, 0.05) is 17.3 Å². The van der Waals surface area contributed by atoms with Crippen molar-refractivity contribution < 1.29 is 9.90 Å². The van der Waals surface area contributed by atoms with Crippen LogP contribution in [0.3, 0.4) is 0 Å². The largest absolute Gasteiger partial charge is 0.478 e. The van der Waals surface area contributed by atoms with E-state index in [1.54, 1.807) is 18.5 Å². The predicted octanol–water partition coefficient (Wildman–Crippen LogP) is 2.95. The Balaban J connectivity index is 2.14. The van der Waals surface area contributed by atoms with Crippen LogP contribution in [0.15, 0.2) is 30.6 Å². The average Bonchev–Trinajstić information content (AvgIpc) is 2.76. The van der Waals surface area contributed by atoms with Gasteiger partial charge in [0.1, 0.15) is 0 Å². The first-order chi connectivity index (χ1) is 7.15. The van der Waals surface area contributed by atoms with Gasteiger partial charge < -0.3 is 9.67 Å². The second kappa shape index (κ2) is 4.08. The summed E-state index contributed by atoms with van der Waals surface area (Å²) in [5.41, 5.74) is 0.303. The molecule has 0 radical (unpaired) electrons. The van der Waals surface area contributed by atoms with E-state index in [-0.39, 0.29) is 0 Å². The molecule has 3 nitrogen and oxygen atoms in total. The van der Waals surface area contributed by atoms with Crippen LogP contribution in [0.4, 0.5) is 0 Å². The molecule has 0 saturated heterocycles. The van der Waals surface area contributed by atoms with Crippen LogP contribution in [-0.2, 0) is 6.54 Å². The predicted molar refractivity (Wildman–Crippen MR) is 59.8 cm³/mol. The van der Waals surface area contributed by atoms with Crippen molar-refractivity contribution in [3.05, 3.63) is 45.4 Å². The number of carboxylic acid groups (broad SMARTS) is 1. The van der Waals surface area contributed by atoms with Gasteiger partial charge in [-0.15, -0.1) is 11.3 Å². The quantitative estimate of drug-likeness (QED) is 0.898. The standard InChI is InChI=1S/C10H8ClNO2S/c11-9-2-1-8(15-9)6-12-4-3-7(5-12)10(13)14/h1-5H,6H2,(H,13,14). The molecule has 2 aromatic rings. The van der Waals surface area contributed by atoms with Gasteiger partial charge in [0.25, 0.3) is 0 Å². The highest BCUT2D eigenvalue weighted by Crippen LogP contribution is 2.22. The summed E-state index contributed by atoms with van der Waals surface area (Å²) in [6, 6.07) is 5.36. The molecular formula is C10H8ClNO2S. The Morgan fingerprint density at radius 3 is 2.80 bits per heavy atom. The molecule has 2 aromatic heterocycles. The van der Waals surface area contributed by atoms with E-state index in [9.17, 15) is 4.79 Å². The Kier molecular flexibility index (Phi) is 2.79. The maximum absolute atomic E-state index is 10.6. The molecule has 0 aliphatic carbocycles. The maximum atomic E-state index is 10.6. The van der Waals surface area contributed by atoms with E-state index in [2.05, 4.69) is 0 Å². The number of hydrogen-bond acceptors (Lipinski definition) is 2. The normalized spacial score (nSPS) is 10.5. The fourth-order valence-corrected chi connectivity index (χ4v) is 2.38. The molecule has 0 aliphatic heterocycles. The molecular weight excluding hydrogens is 234 g/mol. The van der Waals surface area contributed by atoms with Crippen LogP contribution >= 0.6 is 22.9 Å². The summed E-state index contributed by atoms with van der Waals surface area (Å²) in [4.78, 5) is 11.7. The zero-order valence-corrected chi connectivity index (χ0v) is 9.26. The monoisotopic (exact) mass is 241 g/mol. The minimum absolute atomic E-state index is 0.303. The summed E-state index contributed by atoms with van der Waals surface area (Å²) in [6.45, 7) is 0.657. The van der Waals surface area contributed by atoms with E-state index >= 15 is 0 Å². The zero-order chi connectivity index (χ0) is 10.8. The number of hydrogen-bond donors (Lipinski definition) is 1. The second-order valence-corrected chi connectivity index (χ2v) is 4.88. The summed E-state index contributed by atoms with van der Waals surface area (Å²) in [5, 5.41) is 8.74. The van der Waals surface area contributed by atoms with Crippen molar-refractivity contribution in [1.82, 2.24) is 4.57 Å². The zero-order valence-electron chi connectivity index (χ0n) is 7.68. The summed E-state index contributed by atoms with van der Waals surface area (Å²) >= 11 is 7.29. The number of carbonyl (C=O) groups is 1. The Morgan fingerprint density at radius 1 is 1.47 bits per heavy atom. The molecule has 2 rings (SSSR count). The molecule has 2 heterocycles. The van der Waals surface area contributed by atoms with Gasteiger partial charge in [0.15, 0.2) is 0 Å². The Hall–Kier alpha value is -1.26. The van der Waals surface area contributed by atoms with E-state index in [4.69, 9.17) is 16.7 Å². The van der Waals surface area contributed by atoms with Crippen molar-refractivity contribution in [3.8, 4) is 0 Å². The van der Waals surface area contributed by atoms with Crippen LogP contribution in [0, 0.1) is 0 Å². The molecule has 78 valence electrons. The first kappa shape index (κ1) is 10.3. The van der Waals surface area contributed by atoms with Gasteiger partial charge in [-0.05, 0) is 18.2 Å². The fraction of sp³-hybridized carbons (Fsp3) is 0.100. The molecule has 15 heavy (non-hydrogen) atoms. The second-order valence-electron chi connectivity index (χ2n) is 3.08. The molecule has 0 aliphatic rings. The summed E-state index contributed by atoms with van der Waals surface area (Å²) < 4.78 is 2.57. The molecule has 5 heteroatoms. The molecule has 0 bridgehead atoms. The van der Waals surface area contributed by atoms with Crippen molar-refractivity contribution in [1.29, 1.82) is 0 Å². The van der Waals surface area contributed by atoms with Gasteiger partial charge >= 0.3 is 5.97 Å². The van der Waals surface area contributed by atoms with Crippen LogP contribution < -0.4 is 0 Å². The molecule has 0 amide bonds. The highest BCUT2D eigenvalue weighted by Gasteiger charge is 2.05. The van der Waals surface area contributed by atoms with E-state index in [1.807, 2.05) is 16.7 Å². The van der Waals surface area contributed by atoms with E-state index in [0.717, 1.165) is 9.21 Å². The molecule has 1 N–H and O–H groups in total. The average molecular weight is 242 g/mol. The number of aromatic nitrogens is 1. The third kappa shape index (κ3) is 2.40. The smallest absolute Gasteiger partial charge is 0.337 e. The summed E-state index contributed by atoms with van der Waals surface area (Å²) in [5.74, 6) is -0.905. The molecule has 0 fully saturated rings. The first-order valence-electron chi connectivity index (χ1n) is 4.28. The van der Waals surface area contributed by atoms with Crippen molar-refractivity contribution in [3.63, 3.8) is 0 Å². The first-order valence-corrected chi connectivity index (χ1v) is 5.48. The number of rotatable bonds is 3. The molecule has 0 unspecified atom stereocenters. The highest BCUT2D eigenvalue weighted by molar-refractivity contribution is 7.16. The Bertz CT molecular complexity index is 489. The van der Waals surface area contributed by atoms with Crippen molar-refractivity contribution in [2.75, 3.05) is 0 Å².